The number of carbonyl (C=O) groups excluding carboxylic acids is 2. The van der Waals surface area contributed by atoms with E-state index < -0.39 is 6.04 Å². The van der Waals surface area contributed by atoms with Gasteiger partial charge < -0.3 is 15.0 Å². The Kier molecular flexibility index (Phi) is 9.95. The number of benzene rings is 3. The van der Waals surface area contributed by atoms with Crippen LogP contribution in [0.3, 0.4) is 0 Å². The molecule has 0 bridgehead atoms. The Hall–Kier alpha value is -3.31. The maximum atomic E-state index is 13.7. The number of nitrogens with zero attached hydrogens (tertiary/aromatic N) is 1. The van der Waals surface area contributed by atoms with E-state index in [1.807, 2.05) is 94.4 Å². The van der Waals surface area contributed by atoms with Crippen molar-refractivity contribution in [3.8, 4) is 5.75 Å². The van der Waals surface area contributed by atoms with Crippen molar-refractivity contribution in [1.82, 2.24) is 10.2 Å². The molecule has 5 nitrogen and oxygen atoms in total. The van der Waals surface area contributed by atoms with Gasteiger partial charge in [-0.3, -0.25) is 9.59 Å². The van der Waals surface area contributed by atoms with Gasteiger partial charge in [-0.2, -0.15) is 0 Å². The Morgan fingerprint density at radius 3 is 2.36 bits per heavy atom. The van der Waals surface area contributed by atoms with Crippen LogP contribution in [-0.4, -0.2) is 35.4 Å². The Balaban J connectivity index is 1.93. The fourth-order valence-electron chi connectivity index (χ4n) is 3.99. The molecule has 0 aromatic heterocycles. The molecule has 0 saturated carbocycles. The summed E-state index contributed by atoms with van der Waals surface area (Å²) in [7, 11) is 0. The first kappa shape index (κ1) is 27.3. The van der Waals surface area contributed by atoms with E-state index in [0.29, 0.717) is 17.2 Å². The highest BCUT2D eigenvalue weighted by Gasteiger charge is 2.31. The second-order valence-electron chi connectivity index (χ2n) is 9.19. The Bertz CT molecular complexity index is 1170. The van der Waals surface area contributed by atoms with Crippen molar-refractivity contribution in [3.05, 3.63) is 100 Å². The van der Waals surface area contributed by atoms with Gasteiger partial charge in [0.05, 0.1) is 0 Å². The predicted molar refractivity (Wildman–Crippen MR) is 145 cm³/mol. The molecule has 0 spiro atoms. The fraction of sp³-hybridized carbons (Fsp3) is 0.333. The van der Waals surface area contributed by atoms with E-state index in [0.717, 1.165) is 28.7 Å². The van der Waals surface area contributed by atoms with Crippen LogP contribution >= 0.6 is 11.6 Å². The highest BCUT2D eigenvalue weighted by molar-refractivity contribution is 6.31. The van der Waals surface area contributed by atoms with Gasteiger partial charge in [-0.1, -0.05) is 84.8 Å². The first-order valence-electron chi connectivity index (χ1n) is 12.4. The number of amides is 2. The maximum Gasteiger partial charge on any atom is 0.261 e. The lowest BCUT2D eigenvalue weighted by Crippen LogP contribution is -2.53. The third kappa shape index (κ3) is 7.59. The van der Waals surface area contributed by atoms with Gasteiger partial charge in [0.25, 0.3) is 5.91 Å². The molecule has 2 amide bonds. The third-order valence-corrected chi connectivity index (χ3v) is 6.62. The van der Waals surface area contributed by atoms with Crippen LogP contribution in [0.5, 0.6) is 5.75 Å². The summed E-state index contributed by atoms with van der Waals surface area (Å²) >= 11 is 6.46. The van der Waals surface area contributed by atoms with Crippen LogP contribution in [0.15, 0.2) is 72.8 Å². The molecular formula is C30H35ClN2O3. The first-order chi connectivity index (χ1) is 17.3. The molecule has 1 N–H and O–H groups in total. The second kappa shape index (κ2) is 13.1. The van der Waals surface area contributed by atoms with Crippen LogP contribution in [0, 0.1) is 13.8 Å². The minimum atomic E-state index is -0.729. The molecule has 0 heterocycles. The van der Waals surface area contributed by atoms with E-state index in [1.165, 1.54) is 0 Å². The van der Waals surface area contributed by atoms with Gasteiger partial charge in [0, 0.05) is 24.0 Å². The SMILES string of the molecule is CCC(C)NC(=O)C(Cc1ccccc1)N(Cc1ccccc1Cl)C(=O)COc1ccc(C)cc1C. The lowest BCUT2D eigenvalue weighted by atomic mass is 10.0. The van der Waals surface area contributed by atoms with Crippen LogP contribution in [-0.2, 0) is 22.6 Å². The molecule has 0 fully saturated rings. The molecule has 3 rings (SSSR count). The average molecular weight is 507 g/mol. The van der Waals surface area contributed by atoms with Crippen molar-refractivity contribution in [1.29, 1.82) is 0 Å². The summed E-state index contributed by atoms with van der Waals surface area (Å²) < 4.78 is 5.93. The Labute approximate surface area is 219 Å². The van der Waals surface area contributed by atoms with E-state index in [4.69, 9.17) is 16.3 Å². The number of carbonyl (C=O) groups is 2. The van der Waals surface area contributed by atoms with Crippen molar-refractivity contribution >= 4 is 23.4 Å². The fourth-order valence-corrected chi connectivity index (χ4v) is 4.18. The summed E-state index contributed by atoms with van der Waals surface area (Å²) in [5, 5.41) is 3.62. The topological polar surface area (TPSA) is 58.6 Å². The number of rotatable bonds is 11. The summed E-state index contributed by atoms with van der Waals surface area (Å²) in [6.45, 7) is 7.95. The summed E-state index contributed by atoms with van der Waals surface area (Å²) in [5.74, 6) is 0.172. The molecule has 3 aromatic carbocycles. The standard InChI is InChI=1S/C30H35ClN2O3/c1-5-23(4)32-30(35)27(18-24-11-7-6-8-12-24)33(19-25-13-9-10-14-26(25)31)29(34)20-36-28-16-15-21(2)17-22(28)3/h6-17,23,27H,5,18-20H2,1-4H3,(H,32,35). The van der Waals surface area contributed by atoms with Crippen LogP contribution < -0.4 is 10.1 Å². The van der Waals surface area contributed by atoms with Gasteiger partial charge in [0.2, 0.25) is 5.91 Å². The molecule has 3 aromatic rings. The molecule has 6 heteroatoms. The minimum Gasteiger partial charge on any atom is -0.483 e. The van der Waals surface area contributed by atoms with E-state index >= 15 is 0 Å². The minimum absolute atomic E-state index is 0.0144. The summed E-state index contributed by atoms with van der Waals surface area (Å²) in [5.41, 5.74) is 3.81. The molecule has 0 radical (unpaired) electrons. The molecule has 2 unspecified atom stereocenters. The average Bonchev–Trinajstić information content (AvgIpc) is 2.87. The largest absolute Gasteiger partial charge is 0.483 e. The first-order valence-corrected chi connectivity index (χ1v) is 12.7. The maximum absolute atomic E-state index is 13.7. The van der Waals surface area contributed by atoms with Crippen LogP contribution in [0.2, 0.25) is 5.02 Å². The molecule has 0 saturated heterocycles. The number of aryl methyl sites for hydroxylation is 2. The monoisotopic (exact) mass is 506 g/mol. The van der Waals surface area contributed by atoms with Crippen molar-refractivity contribution in [2.45, 2.75) is 59.2 Å². The summed E-state index contributed by atoms with van der Waals surface area (Å²) in [6, 6.07) is 22.2. The number of halogens is 1. The summed E-state index contributed by atoms with van der Waals surface area (Å²) in [6.07, 6.45) is 1.17. The van der Waals surface area contributed by atoms with E-state index in [-0.39, 0.29) is 31.0 Å². The Morgan fingerprint density at radius 2 is 1.69 bits per heavy atom. The van der Waals surface area contributed by atoms with Crippen molar-refractivity contribution in [3.63, 3.8) is 0 Å². The van der Waals surface area contributed by atoms with Crippen LogP contribution in [0.25, 0.3) is 0 Å². The van der Waals surface area contributed by atoms with Gasteiger partial charge in [-0.05, 0) is 56.0 Å². The van der Waals surface area contributed by atoms with E-state index in [9.17, 15) is 9.59 Å². The number of hydrogen-bond donors (Lipinski definition) is 1. The smallest absolute Gasteiger partial charge is 0.261 e. The number of ether oxygens (including phenoxy) is 1. The second-order valence-corrected chi connectivity index (χ2v) is 9.60. The molecule has 0 aliphatic rings. The third-order valence-electron chi connectivity index (χ3n) is 6.25. The van der Waals surface area contributed by atoms with Gasteiger partial charge in [0.15, 0.2) is 6.61 Å². The molecule has 0 aliphatic heterocycles. The Morgan fingerprint density at radius 1 is 1.00 bits per heavy atom. The highest BCUT2D eigenvalue weighted by Crippen LogP contribution is 2.22. The lowest BCUT2D eigenvalue weighted by Gasteiger charge is -2.32. The number of nitrogens with one attached hydrogen (secondary N) is 1. The molecule has 0 aliphatic carbocycles. The van der Waals surface area contributed by atoms with E-state index in [2.05, 4.69) is 5.32 Å². The molecule has 36 heavy (non-hydrogen) atoms. The highest BCUT2D eigenvalue weighted by atomic mass is 35.5. The lowest BCUT2D eigenvalue weighted by molar-refractivity contribution is -0.143. The van der Waals surface area contributed by atoms with Gasteiger partial charge in [-0.15, -0.1) is 0 Å². The molecule has 190 valence electrons. The molecular weight excluding hydrogens is 472 g/mol. The van der Waals surface area contributed by atoms with Crippen molar-refractivity contribution < 1.29 is 14.3 Å². The van der Waals surface area contributed by atoms with E-state index in [1.54, 1.807) is 11.0 Å². The van der Waals surface area contributed by atoms with Crippen LogP contribution in [0.1, 0.15) is 42.5 Å². The summed E-state index contributed by atoms with van der Waals surface area (Å²) in [4.78, 5) is 28.8. The quantitative estimate of drug-likeness (QED) is 0.352. The van der Waals surface area contributed by atoms with Gasteiger partial charge >= 0.3 is 0 Å². The van der Waals surface area contributed by atoms with Crippen LogP contribution in [0.4, 0.5) is 0 Å². The van der Waals surface area contributed by atoms with Crippen molar-refractivity contribution in [2.24, 2.45) is 0 Å². The zero-order valence-corrected chi connectivity index (χ0v) is 22.2. The molecule has 2 atom stereocenters. The zero-order valence-electron chi connectivity index (χ0n) is 21.5. The predicted octanol–water partition coefficient (Wildman–Crippen LogP) is 5.89. The van der Waals surface area contributed by atoms with Crippen molar-refractivity contribution in [2.75, 3.05) is 6.61 Å². The van der Waals surface area contributed by atoms with Gasteiger partial charge in [0.1, 0.15) is 11.8 Å². The zero-order chi connectivity index (χ0) is 26.1. The van der Waals surface area contributed by atoms with Gasteiger partial charge in [-0.25, -0.2) is 0 Å². The number of hydrogen-bond acceptors (Lipinski definition) is 3. The normalized spacial score (nSPS) is 12.5.